The maximum absolute atomic E-state index is 9.68. The van der Waals surface area contributed by atoms with Crippen LogP contribution >= 0.6 is 8.61 Å². The molecular weight excluding hydrogens is 129 g/mol. The first-order valence-corrected chi connectivity index (χ1v) is 2.62. The second kappa shape index (κ2) is 4.33. The number of nitrogens with one attached hydrogen (secondary N) is 2. The Morgan fingerprint density at radius 3 is 3.00 bits per heavy atom. The Kier molecular flexibility index (Phi) is 3.88. The first-order valence-electron chi connectivity index (χ1n) is 1.81. The van der Waals surface area contributed by atoms with E-state index < -0.39 is 0 Å². The first-order chi connectivity index (χ1) is 3.81. The number of hydrogen-bond acceptors (Lipinski definition) is 2. The Morgan fingerprint density at radius 2 is 2.62 bits per heavy atom. The van der Waals surface area contributed by atoms with Gasteiger partial charge in [-0.3, -0.25) is 5.73 Å². The quantitative estimate of drug-likeness (QED) is 0.173. The van der Waals surface area contributed by atoms with E-state index in [1.807, 2.05) is 0 Å². The van der Waals surface area contributed by atoms with Crippen molar-refractivity contribution in [1.82, 2.24) is 5.09 Å². The van der Waals surface area contributed by atoms with Crippen LogP contribution in [-0.2, 0) is 9.40 Å². The molecule has 5 nitrogen and oxygen atoms in total. The van der Waals surface area contributed by atoms with Crippen molar-refractivity contribution in [2.24, 2.45) is 5.73 Å². The van der Waals surface area contributed by atoms with E-state index in [1.165, 1.54) is 7.11 Å². The van der Waals surface area contributed by atoms with Gasteiger partial charge in [-0.1, -0.05) is 0 Å². The fraction of sp³-hybridized carbons (Fsp3) is 0.500. The van der Waals surface area contributed by atoms with Crippen LogP contribution in [0.5, 0.6) is 0 Å². The van der Waals surface area contributed by atoms with Gasteiger partial charge >= 0.3 is 14.6 Å². The molecule has 0 aromatic heterocycles. The summed E-state index contributed by atoms with van der Waals surface area (Å²) in [7, 11) is 1.14. The monoisotopic (exact) mass is 136 g/mol. The predicted octanol–water partition coefficient (Wildman–Crippen LogP) is -2.26. The van der Waals surface area contributed by atoms with E-state index in [2.05, 4.69) is 15.1 Å². The lowest BCUT2D eigenvalue weighted by atomic mass is 11.1. The first kappa shape index (κ1) is 7.17. The lowest BCUT2D eigenvalue weighted by Crippen LogP contribution is -2.76. The number of rotatable bonds is 2. The van der Waals surface area contributed by atoms with Crippen LogP contribution in [0.2, 0.25) is 0 Å². The summed E-state index contributed by atoms with van der Waals surface area (Å²) in [6.07, 6.45) is 0. The summed E-state index contributed by atoms with van der Waals surface area (Å²) in [5, 5.41) is 4.44. The maximum Gasteiger partial charge on any atom is 0.387 e. The molecule has 0 bridgehead atoms. The van der Waals surface area contributed by atoms with Crippen molar-refractivity contribution in [3.63, 3.8) is 0 Å². The van der Waals surface area contributed by atoms with Crippen LogP contribution in [0.25, 0.3) is 0 Å². The lowest BCUT2D eigenvalue weighted by Gasteiger charge is -1.84. The van der Waals surface area contributed by atoms with E-state index in [9.17, 15) is 4.57 Å². The van der Waals surface area contributed by atoms with Crippen LogP contribution in [0, 0.1) is 0 Å². The van der Waals surface area contributed by atoms with Crippen LogP contribution in [0.3, 0.4) is 0 Å². The molecule has 0 aliphatic heterocycles. The van der Waals surface area contributed by atoms with Gasteiger partial charge in [0.25, 0.3) is 0 Å². The van der Waals surface area contributed by atoms with Crippen LogP contribution in [-0.4, -0.2) is 13.1 Å². The summed E-state index contributed by atoms with van der Waals surface area (Å²) in [4.78, 5) is 4.34. The SMILES string of the molecule is CO[NH+]=C(N)NP=O. The van der Waals surface area contributed by atoms with Gasteiger partial charge in [-0.15, -0.1) is 5.16 Å². The summed E-state index contributed by atoms with van der Waals surface area (Å²) in [6.45, 7) is 0. The third-order valence-corrected chi connectivity index (χ3v) is 0.710. The zero-order chi connectivity index (χ0) is 6.41. The van der Waals surface area contributed by atoms with Crippen molar-refractivity contribution < 1.29 is 14.6 Å². The summed E-state index contributed by atoms with van der Waals surface area (Å²) < 4.78 is 9.68. The van der Waals surface area contributed by atoms with Crippen LogP contribution in [0.1, 0.15) is 0 Å². The zero-order valence-corrected chi connectivity index (χ0v) is 5.24. The highest BCUT2D eigenvalue weighted by Gasteiger charge is 1.92. The van der Waals surface area contributed by atoms with Crippen molar-refractivity contribution in [3.8, 4) is 0 Å². The van der Waals surface area contributed by atoms with Crippen molar-refractivity contribution in [3.05, 3.63) is 0 Å². The number of hydrogen-bond donors (Lipinski definition) is 3. The highest BCUT2D eigenvalue weighted by atomic mass is 31.1. The Hall–Kier alpha value is -0.830. The molecule has 0 unspecified atom stereocenters. The van der Waals surface area contributed by atoms with Crippen molar-refractivity contribution in [1.29, 1.82) is 0 Å². The van der Waals surface area contributed by atoms with Gasteiger partial charge in [-0.2, -0.15) is 5.09 Å². The van der Waals surface area contributed by atoms with E-state index in [4.69, 9.17) is 5.73 Å². The molecule has 8 heavy (non-hydrogen) atoms. The Bertz CT molecular complexity index is 103. The van der Waals surface area contributed by atoms with Crippen LogP contribution < -0.4 is 16.0 Å². The molecule has 0 fully saturated rings. The van der Waals surface area contributed by atoms with E-state index in [-0.39, 0.29) is 14.6 Å². The molecule has 0 heterocycles. The van der Waals surface area contributed by atoms with Crippen molar-refractivity contribution in [2.75, 3.05) is 7.11 Å². The molecule has 0 aliphatic carbocycles. The maximum atomic E-state index is 9.68. The second-order valence-corrected chi connectivity index (χ2v) is 1.33. The van der Waals surface area contributed by atoms with Gasteiger partial charge < -0.3 is 4.84 Å². The standard InChI is InChI=1S/C2H6N3O2P/c1-7-4-2(3)5-8-6/h1H3,(H3,3,4,5,6)/p+1. The number of nitrogens with two attached hydrogens (primary N) is 1. The molecule has 0 rings (SSSR count). The molecule has 0 spiro atoms. The smallest absolute Gasteiger partial charge is 0.368 e. The van der Waals surface area contributed by atoms with Crippen LogP contribution in [0.4, 0.5) is 0 Å². The predicted molar refractivity (Wildman–Crippen MR) is 27.9 cm³/mol. The van der Waals surface area contributed by atoms with E-state index in [0.717, 1.165) is 0 Å². The largest absolute Gasteiger partial charge is 0.387 e. The summed E-state index contributed by atoms with van der Waals surface area (Å²) in [5.74, 6) is 0.115. The van der Waals surface area contributed by atoms with Gasteiger partial charge in [-0.05, 0) is 0 Å². The molecular formula is C2H7N3O2P+. The Morgan fingerprint density at radius 1 is 2.00 bits per heavy atom. The molecule has 0 aromatic rings. The summed E-state index contributed by atoms with van der Waals surface area (Å²) in [5.41, 5.74) is 5.06. The van der Waals surface area contributed by atoms with Crippen molar-refractivity contribution >= 4 is 14.6 Å². The minimum absolute atomic E-state index is 0.115. The van der Waals surface area contributed by atoms with Gasteiger partial charge in [0.05, 0.1) is 0 Å². The molecule has 0 saturated carbocycles. The lowest BCUT2D eigenvalue weighted by molar-refractivity contribution is -0.746. The minimum atomic E-state index is -0.256. The highest BCUT2D eigenvalue weighted by Crippen LogP contribution is 1.71. The van der Waals surface area contributed by atoms with Gasteiger partial charge in [0.2, 0.25) is 0 Å². The average molecular weight is 136 g/mol. The fourth-order valence-corrected chi connectivity index (χ4v) is 0.326. The average Bonchev–Trinajstić information content (AvgIpc) is 1.68. The van der Waals surface area contributed by atoms with E-state index >= 15 is 0 Å². The Balaban J connectivity index is 3.44. The molecule has 0 aromatic carbocycles. The summed E-state index contributed by atoms with van der Waals surface area (Å²) in [6, 6.07) is 0. The molecule has 0 atom stereocenters. The Labute approximate surface area is 48.1 Å². The number of guanidine groups is 1. The molecule has 0 amide bonds. The summed E-state index contributed by atoms with van der Waals surface area (Å²) >= 11 is 0. The van der Waals surface area contributed by atoms with E-state index in [0.29, 0.717) is 0 Å². The normalized spacial score (nSPS) is 11.4. The van der Waals surface area contributed by atoms with Gasteiger partial charge in [-0.25, -0.2) is 4.57 Å². The zero-order valence-electron chi connectivity index (χ0n) is 4.34. The third-order valence-electron chi connectivity index (χ3n) is 0.378. The third kappa shape index (κ3) is 3.36. The molecule has 0 aliphatic rings. The van der Waals surface area contributed by atoms with Gasteiger partial charge in [0.15, 0.2) is 0 Å². The molecule has 6 heteroatoms. The molecule has 0 saturated heterocycles. The minimum Gasteiger partial charge on any atom is -0.368 e. The molecule has 0 radical (unpaired) electrons. The topological polar surface area (TPSA) is 78.3 Å². The van der Waals surface area contributed by atoms with Gasteiger partial charge in [0.1, 0.15) is 7.11 Å². The van der Waals surface area contributed by atoms with Crippen LogP contribution in [0.15, 0.2) is 0 Å². The van der Waals surface area contributed by atoms with E-state index in [1.54, 1.807) is 0 Å². The fourth-order valence-electron chi connectivity index (χ4n) is 0.182. The second-order valence-electron chi connectivity index (χ2n) is 0.923. The molecule has 4 N–H and O–H groups in total. The van der Waals surface area contributed by atoms with Gasteiger partial charge in [0, 0.05) is 0 Å². The molecule has 46 valence electrons. The van der Waals surface area contributed by atoms with Crippen molar-refractivity contribution in [2.45, 2.75) is 0 Å². The highest BCUT2D eigenvalue weighted by molar-refractivity contribution is 7.22.